The summed E-state index contributed by atoms with van der Waals surface area (Å²) in [5.41, 5.74) is 2.46. The molecule has 0 radical (unpaired) electrons. The largest absolute Gasteiger partial charge is 0.329 e. The van der Waals surface area contributed by atoms with Gasteiger partial charge in [-0.15, -0.1) is 0 Å². The molecule has 4 aromatic rings. The molecule has 8 nitrogen and oxygen atoms in total. The molecule has 0 saturated carbocycles. The second kappa shape index (κ2) is 10.5. The maximum atomic E-state index is 13.7. The molecule has 1 unspecified atom stereocenters. The first-order valence-electron chi connectivity index (χ1n) is 12.1. The van der Waals surface area contributed by atoms with Gasteiger partial charge in [0.25, 0.3) is 17.2 Å². The molecule has 0 aliphatic heterocycles. The summed E-state index contributed by atoms with van der Waals surface area (Å²) in [7, 11) is 0. The van der Waals surface area contributed by atoms with Crippen LogP contribution in [0, 0.1) is 10.1 Å². The number of carbonyl (C=O) groups is 1. The second-order valence-electron chi connectivity index (χ2n) is 8.47. The summed E-state index contributed by atoms with van der Waals surface area (Å²) in [5.74, 6) is 0.192. The minimum absolute atomic E-state index is 0.0813. The van der Waals surface area contributed by atoms with Gasteiger partial charge in [-0.2, -0.15) is 0 Å². The summed E-state index contributed by atoms with van der Waals surface area (Å²) in [4.78, 5) is 44.4. The monoisotopic (exact) mass is 484 g/mol. The van der Waals surface area contributed by atoms with Gasteiger partial charge in [-0.05, 0) is 61.7 Å². The van der Waals surface area contributed by atoms with E-state index in [1.165, 1.54) is 24.3 Å². The van der Waals surface area contributed by atoms with E-state index in [1.54, 1.807) is 21.6 Å². The van der Waals surface area contributed by atoms with Gasteiger partial charge in [-0.25, -0.2) is 4.98 Å². The maximum Gasteiger partial charge on any atom is 0.269 e. The Morgan fingerprint density at radius 3 is 2.25 bits per heavy atom. The Morgan fingerprint density at radius 1 is 1.00 bits per heavy atom. The molecule has 0 aliphatic carbocycles. The van der Waals surface area contributed by atoms with Crippen molar-refractivity contribution in [1.29, 1.82) is 0 Å². The van der Waals surface area contributed by atoms with Gasteiger partial charge in [-0.3, -0.25) is 24.3 Å². The summed E-state index contributed by atoms with van der Waals surface area (Å²) >= 11 is 0. The Bertz CT molecular complexity index is 1460. The number of fused-ring (bicyclic) bond motifs is 1. The third-order valence-corrected chi connectivity index (χ3v) is 6.39. The van der Waals surface area contributed by atoms with Gasteiger partial charge >= 0.3 is 0 Å². The van der Waals surface area contributed by atoms with Crippen molar-refractivity contribution in [1.82, 2.24) is 14.5 Å². The van der Waals surface area contributed by atoms with Crippen molar-refractivity contribution in [3.8, 4) is 5.69 Å². The van der Waals surface area contributed by atoms with Gasteiger partial charge in [0, 0.05) is 24.2 Å². The van der Waals surface area contributed by atoms with Gasteiger partial charge in [0.15, 0.2) is 0 Å². The van der Waals surface area contributed by atoms with Crippen LogP contribution in [0.1, 0.15) is 55.0 Å². The number of aryl methyl sites for hydroxylation is 1. The van der Waals surface area contributed by atoms with Crippen molar-refractivity contribution < 1.29 is 9.72 Å². The van der Waals surface area contributed by atoms with Gasteiger partial charge < -0.3 is 4.90 Å². The highest BCUT2D eigenvalue weighted by atomic mass is 16.6. The highest BCUT2D eigenvalue weighted by Crippen LogP contribution is 2.28. The molecule has 0 N–H and O–H groups in total. The molecule has 4 rings (SSSR count). The van der Waals surface area contributed by atoms with Crippen LogP contribution in [0.4, 0.5) is 5.69 Å². The number of benzene rings is 3. The van der Waals surface area contributed by atoms with Crippen LogP contribution in [0.2, 0.25) is 0 Å². The van der Waals surface area contributed by atoms with E-state index in [1.807, 2.05) is 50.2 Å². The average molecular weight is 485 g/mol. The quantitative estimate of drug-likeness (QED) is 0.244. The molecule has 1 atom stereocenters. The summed E-state index contributed by atoms with van der Waals surface area (Å²) in [6.45, 7) is 6.25. The molecule has 0 saturated heterocycles. The zero-order chi connectivity index (χ0) is 25.8. The lowest BCUT2D eigenvalue weighted by Crippen LogP contribution is -2.38. The van der Waals surface area contributed by atoms with Crippen molar-refractivity contribution in [3.05, 3.63) is 110 Å². The molecule has 184 valence electrons. The van der Waals surface area contributed by atoms with Crippen LogP contribution in [0.3, 0.4) is 0 Å². The van der Waals surface area contributed by atoms with E-state index in [2.05, 4.69) is 6.92 Å². The molecule has 0 aliphatic rings. The van der Waals surface area contributed by atoms with Crippen LogP contribution in [0.15, 0.2) is 77.6 Å². The zero-order valence-electron chi connectivity index (χ0n) is 20.5. The topological polar surface area (TPSA) is 98.3 Å². The van der Waals surface area contributed by atoms with E-state index in [0.717, 1.165) is 12.0 Å². The lowest BCUT2D eigenvalue weighted by atomic mass is 10.1. The highest BCUT2D eigenvalue weighted by Gasteiger charge is 2.29. The van der Waals surface area contributed by atoms with Crippen LogP contribution in [0.5, 0.6) is 0 Å². The first-order valence-corrected chi connectivity index (χ1v) is 12.1. The van der Waals surface area contributed by atoms with Crippen LogP contribution in [0.25, 0.3) is 16.6 Å². The normalized spacial score (nSPS) is 11.9. The van der Waals surface area contributed by atoms with Crippen LogP contribution >= 0.6 is 0 Å². The molecular formula is C28H28N4O4. The number of aromatic nitrogens is 2. The Balaban J connectivity index is 1.87. The molecule has 8 heteroatoms. The SMILES string of the molecule is CCc1ccc(-n2c(C(CC)N(CC)C(=O)c3ccc([N+](=O)[O-])cc3)nc3ccccc3c2=O)cc1. The zero-order valence-corrected chi connectivity index (χ0v) is 20.5. The lowest BCUT2D eigenvalue weighted by molar-refractivity contribution is -0.384. The molecule has 0 bridgehead atoms. The number of hydrogen-bond donors (Lipinski definition) is 0. The summed E-state index contributed by atoms with van der Waals surface area (Å²) in [5, 5.41) is 11.5. The number of nitrogens with zero attached hydrogens (tertiary/aromatic N) is 4. The van der Waals surface area contributed by atoms with Crippen LogP contribution in [-0.4, -0.2) is 31.8 Å². The van der Waals surface area contributed by atoms with E-state index in [9.17, 15) is 19.7 Å². The van der Waals surface area contributed by atoms with Crippen LogP contribution < -0.4 is 5.56 Å². The highest BCUT2D eigenvalue weighted by molar-refractivity contribution is 5.94. The average Bonchev–Trinajstić information content (AvgIpc) is 2.91. The van der Waals surface area contributed by atoms with E-state index < -0.39 is 11.0 Å². The number of nitro benzene ring substituents is 1. The van der Waals surface area contributed by atoms with Gasteiger partial charge in [0.2, 0.25) is 0 Å². The fourth-order valence-electron chi connectivity index (χ4n) is 4.44. The van der Waals surface area contributed by atoms with Crippen molar-refractivity contribution in [2.75, 3.05) is 6.54 Å². The Morgan fingerprint density at radius 2 is 1.67 bits per heavy atom. The summed E-state index contributed by atoms with van der Waals surface area (Å²) in [6, 6.07) is 20.0. The van der Waals surface area contributed by atoms with Crippen molar-refractivity contribution in [2.24, 2.45) is 0 Å². The molecular weight excluding hydrogens is 456 g/mol. The predicted octanol–water partition coefficient (Wildman–Crippen LogP) is 5.47. The lowest BCUT2D eigenvalue weighted by Gasteiger charge is -2.31. The van der Waals surface area contributed by atoms with Gasteiger partial charge in [0.05, 0.1) is 27.6 Å². The van der Waals surface area contributed by atoms with E-state index in [4.69, 9.17) is 4.98 Å². The Labute approximate surface area is 209 Å². The molecule has 1 amide bonds. The minimum atomic E-state index is -0.499. The smallest absolute Gasteiger partial charge is 0.269 e. The number of amides is 1. The molecule has 0 fully saturated rings. The third-order valence-electron chi connectivity index (χ3n) is 6.39. The predicted molar refractivity (Wildman–Crippen MR) is 140 cm³/mol. The summed E-state index contributed by atoms with van der Waals surface area (Å²) < 4.78 is 1.60. The fraction of sp³-hybridized carbons (Fsp3) is 0.250. The minimum Gasteiger partial charge on any atom is -0.329 e. The number of hydrogen-bond acceptors (Lipinski definition) is 5. The van der Waals surface area contributed by atoms with E-state index in [0.29, 0.717) is 40.9 Å². The van der Waals surface area contributed by atoms with Crippen molar-refractivity contribution in [3.63, 3.8) is 0 Å². The number of nitro groups is 1. The first kappa shape index (κ1) is 24.8. The summed E-state index contributed by atoms with van der Waals surface area (Å²) in [6.07, 6.45) is 1.40. The second-order valence-corrected chi connectivity index (χ2v) is 8.47. The van der Waals surface area contributed by atoms with Crippen molar-refractivity contribution >= 4 is 22.5 Å². The maximum absolute atomic E-state index is 13.7. The Kier molecular flexibility index (Phi) is 7.24. The van der Waals surface area contributed by atoms with E-state index >= 15 is 0 Å². The molecule has 36 heavy (non-hydrogen) atoms. The number of rotatable bonds is 8. The van der Waals surface area contributed by atoms with Gasteiger partial charge in [0.1, 0.15) is 5.82 Å². The first-order chi connectivity index (χ1) is 17.4. The number of non-ortho nitro benzene ring substituents is 1. The number of para-hydroxylation sites is 1. The van der Waals surface area contributed by atoms with Crippen LogP contribution in [-0.2, 0) is 6.42 Å². The van der Waals surface area contributed by atoms with Crippen molar-refractivity contribution in [2.45, 2.75) is 39.7 Å². The molecule has 3 aromatic carbocycles. The Hall–Kier alpha value is -4.33. The number of carbonyl (C=O) groups excluding carboxylic acids is 1. The third kappa shape index (κ3) is 4.62. The fourth-order valence-corrected chi connectivity index (χ4v) is 4.44. The molecule has 1 heterocycles. The standard InChI is InChI=1S/C28H28N4O4/c1-4-19-11-15-21(16-12-19)31-26(29-24-10-8-7-9-23(24)28(31)34)25(5-2)30(6-3)27(33)20-13-17-22(18-14-20)32(35)36/h7-18,25H,4-6H2,1-3H3. The molecule has 1 aromatic heterocycles. The van der Waals surface area contributed by atoms with Gasteiger partial charge in [-0.1, -0.05) is 38.1 Å². The van der Waals surface area contributed by atoms with E-state index in [-0.39, 0.29) is 17.2 Å². The molecule has 0 spiro atoms.